The minimum absolute atomic E-state index is 0.229. The first-order valence-corrected chi connectivity index (χ1v) is 14.6. The molecule has 0 saturated heterocycles. The minimum Gasteiger partial charge on any atom is -0.507 e. The number of aryl methyl sites for hydroxylation is 1. The number of phenolic OH excluding ortho intramolecular Hbond substituents is 1. The van der Waals surface area contributed by atoms with E-state index >= 15 is 0 Å². The Morgan fingerprint density at radius 1 is 0.788 bits per heavy atom. The third-order valence-corrected chi connectivity index (χ3v) is 8.19. The predicted octanol–water partition coefficient (Wildman–Crippen LogP) is 6.22. The van der Waals surface area contributed by atoms with E-state index in [0.29, 0.717) is 0 Å². The average molecular weight is 450 g/mol. The van der Waals surface area contributed by atoms with E-state index in [1.165, 1.54) is 5.19 Å². The molecule has 0 radical (unpaired) electrons. The van der Waals surface area contributed by atoms with Crippen LogP contribution in [0.25, 0.3) is 44.8 Å². The number of imidazole rings is 1. The number of para-hydroxylation sites is 2. The second-order valence-corrected chi connectivity index (χ2v) is 14.5. The van der Waals surface area contributed by atoms with Crippen molar-refractivity contribution in [3.63, 3.8) is 0 Å². The summed E-state index contributed by atoms with van der Waals surface area (Å²) in [6, 6.07) is 26.5. The molecule has 0 aliphatic heterocycles. The molecular formula is C28H27N3OSi. The van der Waals surface area contributed by atoms with Crippen LogP contribution >= 0.6 is 0 Å². The van der Waals surface area contributed by atoms with E-state index in [1.54, 1.807) is 6.07 Å². The van der Waals surface area contributed by atoms with Crippen molar-refractivity contribution < 1.29 is 5.11 Å². The first-order chi connectivity index (χ1) is 15.8. The van der Waals surface area contributed by atoms with Crippen molar-refractivity contribution in [1.29, 1.82) is 0 Å². The molecule has 2 heterocycles. The van der Waals surface area contributed by atoms with Crippen LogP contribution in [0, 0.1) is 0 Å². The Morgan fingerprint density at radius 2 is 1.52 bits per heavy atom. The summed E-state index contributed by atoms with van der Waals surface area (Å²) in [5, 5.41) is 11.8. The van der Waals surface area contributed by atoms with Gasteiger partial charge >= 0.3 is 0 Å². The van der Waals surface area contributed by atoms with E-state index < -0.39 is 8.07 Å². The molecule has 0 atom stereocenters. The van der Waals surface area contributed by atoms with Crippen molar-refractivity contribution in [3.8, 4) is 39.5 Å². The summed E-state index contributed by atoms with van der Waals surface area (Å²) in [6.07, 6.45) is 1.92. The number of pyridine rings is 1. The zero-order valence-corrected chi connectivity index (χ0v) is 20.4. The lowest BCUT2D eigenvalue weighted by Gasteiger charge is -2.17. The monoisotopic (exact) mass is 449 g/mol. The van der Waals surface area contributed by atoms with Crippen LogP contribution in [0.1, 0.15) is 0 Å². The van der Waals surface area contributed by atoms with Gasteiger partial charge in [-0.05, 0) is 42.0 Å². The van der Waals surface area contributed by atoms with Crippen LogP contribution < -0.4 is 5.19 Å². The third-order valence-electron chi connectivity index (χ3n) is 6.15. The van der Waals surface area contributed by atoms with Gasteiger partial charge in [0.1, 0.15) is 11.6 Å². The van der Waals surface area contributed by atoms with E-state index in [0.717, 1.165) is 44.8 Å². The van der Waals surface area contributed by atoms with Gasteiger partial charge in [0.2, 0.25) is 0 Å². The summed E-state index contributed by atoms with van der Waals surface area (Å²) >= 11 is 0. The summed E-state index contributed by atoms with van der Waals surface area (Å²) in [5.74, 6) is 0.976. The lowest BCUT2D eigenvalue weighted by atomic mass is 10.0. The van der Waals surface area contributed by atoms with Gasteiger partial charge in [0.05, 0.1) is 30.4 Å². The fraction of sp³-hybridized carbons (Fsp3) is 0.143. The number of fused-ring (bicyclic) bond motifs is 1. The molecule has 0 aliphatic rings. The smallest absolute Gasteiger partial charge is 0.144 e. The fourth-order valence-corrected chi connectivity index (χ4v) is 5.40. The first-order valence-electron chi connectivity index (χ1n) is 11.1. The second-order valence-electron chi connectivity index (χ2n) is 9.45. The molecule has 0 amide bonds. The topological polar surface area (TPSA) is 50.9 Å². The second kappa shape index (κ2) is 8.01. The Morgan fingerprint density at radius 3 is 2.30 bits per heavy atom. The van der Waals surface area contributed by atoms with Crippen LogP contribution in [-0.2, 0) is 7.05 Å². The maximum absolute atomic E-state index is 10.4. The van der Waals surface area contributed by atoms with E-state index in [-0.39, 0.29) is 5.75 Å². The van der Waals surface area contributed by atoms with E-state index in [9.17, 15) is 5.11 Å². The van der Waals surface area contributed by atoms with Crippen molar-refractivity contribution >= 4 is 24.3 Å². The molecular weight excluding hydrogens is 422 g/mol. The quantitative estimate of drug-likeness (QED) is 0.331. The number of benzene rings is 3. The third kappa shape index (κ3) is 3.85. The highest BCUT2D eigenvalue weighted by Gasteiger charge is 2.18. The number of aromatic hydroxyl groups is 1. The van der Waals surface area contributed by atoms with Crippen molar-refractivity contribution in [2.24, 2.45) is 7.05 Å². The molecule has 0 bridgehead atoms. The summed E-state index contributed by atoms with van der Waals surface area (Å²) < 4.78 is 2.04. The van der Waals surface area contributed by atoms with E-state index in [2.05, 4.69) is 79.2 Å². The molecule has 0 spiro atoms. The number of nitrogens with zero attached hydrogens (tertiary/aromatic N) is 3. The van der Waals surface area contributed by atoms with E-state index in [1.807, 2.05) is 36.0 Å². The van der Waals surface area contributed by atoms with Crippen LogP contribution in [-0.4, -0.2) is 27.7 Å². The molecule has 5 aromatic rings. The molecule has 1 N–H and O–H groups in total. The lowest BCUT2D eigenvalue weighted by molar-refractivity contribution is 0.476. The average Bonchev–Trinajstić information content (AvgIpc) is 3.15. The zero-order valence-electron chi connectivity index (χ0n) is 19.4. The van der Waals surface area contributed by atoms with Crippen LogP contribution in [0.15, 0.2) is 85.1 Å². The van der Waals surface area contributed by atoms with Gasteiger partial charge in [-0.1, -0.05) is 67.3 Å². The number of aromatic nitrogens is 3. The standard InChI is InChI=1S/C28H27N3OSi/c1-31-25-13-8-12-22(27(25)30-28(31)23-11-5-6-14-26(23)32)19-9-7-10-20(17-19)24-18-21(15-16-29-24)33(2,3)4/h5-18,32H,1-4H3. The van der Waals surface area contributed by atoms with E-state index in [4.69, 9.17) is 4.98 Å². The van der Waals surface area contributed by atoms with Crippen molar-refractivity contribution in [2.75, 3.05) is 0 Å². The molecule has 3 aromatic carbocycles. The van der Waals surface area contributed by atoms with Crippen molar-refractivity contribution in [2.45, 2.75) is 19.6 Å². The Bertz CT molecular complexity index is 1480. The van der Waals surface area contributed by atoms with Crippen molar-refractivity contribution in [1.82, 2.24) is 14.5 Å². The summed E-state index contributed by atoms with van der Waals surface area (Å²) in [4.78, 5) is 9.62. The first kappa shape index (κ1) is 21.2. The van der Waals surface area contributed by atoms with Gasteiger partial charge in [-0.25, -0.2) is 4.98 Å². The molecule has 33 heavy (non-hydrogen) atoms. The van der Waals surface area contributed by atoms with Crippen molar-refractivity contribution in [3.05, 3.63) is 85.1 Å². The molecule has 0 unspecified atom stereocenters. The number of rotatable bonds is 4. The molecule has 5 rings (SSSR count). The Kier molecular flexibility index (Phi) is 5.14. The van der Waals surface area contributed by atoms with Gasteiger partial charge in [0, 0.05) is 24.4 Å². The maximum Gasteiger partial charge on any atom is 0.144 e. The molecule has 0 fully saturated rings. The Labute approximate surface area is 195 Å². The van der Waals surface area contributed by atoms with Gasteiger partial charge in [-0.2, -0.15) is 0 Å². The number of hydrogen-bond acceptors (Lipinski definition) is 3. The molecule has 0 aliphatic carbocycles. The highest BCUT2D eigenvalue weighted by atomic mass is 28.3. The summed E-state index contributed by atoms with van der Waals surface area (Å²) in [6.45, 7) is 7.06. The summed E-state index contributed by atoms with van der Waals surface area (Å²) in [5.41, 5.74) is 6.92. The van der Waals surface area contributed by atoms with Crippen LogP contribution in [0.5, 0.6) is 5.75 Å². The maximum atomic E-state index is 10.4. The fourth-order valence-electron chi connectivity index (χ4n) is 4.25. The Hall–Kier alpha value is -3.70. The number of phenols is 1. The van der Waals surface area contributed by atoms with Gasteiger partial charge in [0.25, 0.3) is 0 Å². The van der Waals surface area contributed by atoms with Crippen LogP contribution in [0.3, 0.4) is 0 Å². The normalized spacial score (nSPS) is 11.8. The lowest BCUT2D eigenvalue weighted by Crippen LogP contribution is -2.37. The number of hydrogen-bond donors (Lipinski definition) is 1. The minimum atomic E-state index is -1.43. The SMILES string of the molecule is Cn1c(-c2ccccc2O)nc2c(-c3cccc(-c4cc([Si](C)(C)C)ccn4)c3)cccc21. The van der Waals surface area contributed by atoms with Gasteiger partial charge < -0.3 is 9.67 Å². The Balaban J connectivity index is 1.64. The molecule has 0 saturated carbocycles. The van der Waals surface area contributed by atoms with Gasteiger partial charge in [0.15, 0.2) is 0 Å². The van der Waals surface area contributed by atoms with Crippen LogP contribution in [0.4, 0.5) is 0 Å². The largest absolute Gasteiger partial charge is 0.507 e. The molecule has 5 heteroatoms. The predicted molar refractivity (Wildman–Crippen MR) is 139 cm³/mol. The van der Waals surface area contributed by atoms with Gasteiger partial charge in [-0.3, -0.25) is 4.98 Å². The van der Waals surface area contributed by atoms with Crippen LogP contribution in [0.2, 0.25) is 19.6 Å². The molecule has 2 aromatic heterocycles. The molecule has 4 nitrogen and oxygen atoms in total. The zero-order chi connectivity index (χ0) is 23.2. The summed E-state index contributed by atoms with van der Waals surface area (Å²) in [7, 11) is 0.564. The van der Waals surface area contributed by atoms with Gasteiger partial charge in [-0.15, -0.1) is 0 Å². The molecule has 164 valence electrons. The highest BCUT2D eigenvalue weighted by molar-refractivity contribution is 6.88. The highest BCUT2D eigenvalue weighted by Crippen LogP contribution is 2.35.